The fraction of sp³-hybridized carbons (Fsp3) is 0.458. The lowest BCUT2D eigenvalue weighted by molar-refractivity contribution is -0.142. The first kappa shape index (κ1) is 22.2. The maximum absolute atomic E-state index is 13.7. The summed E-state index contributed by atoms with van der Waals surface area (Å²) in [5.41, 5.74) is 0.390. The zero-order chi connectivity index (χ0) is 22.9. The summed E-state index contributed by atoms with van der Waals surface area (Å²) in [6.45, 7) is 3.15. The third kappa shape index (κ3) is 4.09. The van der Waals surface area contributed by atoms with Gasteiger partial charge in [-0.05, 0) is 30.5 Å². The van der Waals surface area contributed by atoms with Gasteiger partial charge in [0.25, 0.3) is 0 Å². The van der Waals surface area contributed by atoms with Crippen molar-refractivity contribution < 1.29 is 27.4 Å². The van der Waals surface area contributed by atoms with Gasteiger partial charge >= 0.3 is 0 Å². The van der Waals surface area contributed by atoms with Crippen LogP contribution < -0.4 is 9.47 Å². The Bertz CT molecular complexity index is 1110. The summed E-state index contributed by atoms with van der Waals surface area (Å²) < 4.78 is 44.5. The second kappa shape index (κ2) is 8.96. The van der Waals surface area contributed by atoms with E-state index in [0.717, 1.165) is 5.56 Å². The van der Waals surface area contributed by atoms with Crippen molar-refractivity contribution in [2.75, 3.05) is 52.6 Å². The highest BCUT2D eigenvalue weighted by atomic mass is 32.2. The van der Waals surface area contributed by atoms with Crippen LogP contribution in [0.25, 0.3) is 0 Å². The maximum atomic E-state index is 13.7. The fourth-order valence-corrected chi connectivity index (χ4v) is 6.31. The Labute approximate surface area is 194 Å². The molecule has 2 fully saturated rings. The van der Waals surface area contributed by atoms with E-state index in [1.54, 1.807) is 12.1 Å². The van der Waals surface area contributed by atoms with Crippen LogP contribution in [-0.4, -0.2) is 76.1 Å². The van der Waals surface area contributed by atoms with Gasteiger partial charge in [-0.1, -0.05) is 30.3 Å². The minimum Gasteiger partial charge on any atom is -0.486 e. The molecule has 0 atom stereocenters. The fourth-order valence-electron chi connectivity index (χ4n) is 4.87. The summed E-state index contributed by atoms with van der Waals surface area (Å²) in [6, 6.07) is 14.6. The van der Waals surface area contributed by atoms with E-state index in [-0.39, 0.29) is 23.9 Å². The zero-order valence-corrected chi connectivity index (χ0v) is 19.3. The molecule has 0 radical (unpaired) electrons. The molecule has 0 saturated carbocycles. The molecule has 3 aliphatic rings. The molecular weight excluding hydrogens is 444 g/mol. The van der Waals surface area contributed by atoms with Gasteiger partial charge in [-0.3, -0.25) is 4.79 Å². The first-order valence-electron chi connectivity index (χ1n) is 11.3. The van der Waals surface area contributed by atoms with Gasteiger partial charge in [-0.15, -0.1) is 0 Å². The van der Waals surface area contributed by atoms with Crippen LogP contribution in [0.15, 0.2) is 53.4 Å². The Morgan fingerprint density at radius 3 is 2.18 bits per heavy atom. The van der Waals surface area contributed by atoms with Crippen LogP contribution in [0.2, 0.25) is 0 Å². The number of carbonyl (C=O) groups excluding carboxylic acids is 1. The molecule has 2 aromatic carbocycles. The molecule has 2 saturated heterocycles. The van der Waals surface area contributed by atoms with Crippen LogP contribution in [0, 0.1) is 0 Å². The van der Waals surface area contributed by atoms with E-state index in [4.69, 9.17) is 14.2 Å². The van der Waals surface area contributed by atoms with Crippen LogP contribution in [0.1, 0.15) is 18.4 Å². The average Bonchev–Trinajstić information content (AvgIpc) is 2.89. The normalized spacial score (nSPS) is 20.9. The molecule has 0 aromatic heterocycles. The predicted octanol–water partition coefficient (Wildman–Crippen LogP) is 2.04. The Morgan fingerprint density at radius 1 is 0.818 bits per heavy atom. The molecule has 1 amide bonds. The molecule has 3 heterocycles. The van der Waals surface area contributed by atoms with Crippen molar-refractivity contribution >= 4 is 15.9 Å². The van der Waals surface area contributed by atoms with Crippen molar-refractivity contribution in [3.05, 3.63) is 54.1 Å². The second-order valence-corrected chi connectivity index (χ2v) is 10.5. The summed E-state index contributed by atoms with van der Waals surface area (Å²) in [5.74, 6) is 1.06. The number of nitrogens with zero attached hydrogens (tertiary/aromatic N) is 2. The van der Waals surface area contributed by atoms with Gasteiger partial charge in [-0.2, -0.15) is 4.31 Å². The smallest absolute Gasteiger partial charge is 0.243 e. The van der Waals surface area contributed by atoms with Crippen molar-refractivity contribution in [3.63, 3.8) is 0 Å². The van der Waals surface area contributed by atoms with Gasteiger partial charge < -0.3 is 19.1 Å². The first-order valence-corrected chi connectivity index (χ1v) is 12.8. The number of ether oxygens (including phenoxy) is 3. The summed E-state index contributed by atoms with van der Waals surface area (Å²) in [6.07, 6.45) is 1.26. The summed E-state index contributed by atoms with van der Waals surface area (Å²) in [4.78, 5) is 15.7. The van der Waals surface area contributed by atoms with Gasteiger partial charge in [0.05, 0.1) is 10.3 Å². The zero-order valence-electron chi connectivity index (χ0n) is 18.4. The van der Waals surface area contributed by atoms with Gasteiger partial charge in [0, 0.05) is 45.5 Å². The van der Waals surface area contributed by atoms with E-state index in [0.29, 0.717) is 63.9 Å². The van der Waals surface area contributed by atoms with Crippen LogP contribution in [0.4, 0.5) is 0 Å². The van der Waals surface area contributed by atoms with Gasteiger partial charge in [-0.25, -0.2) is 8.42 Å². The molecule has 5 rings (SSSR count). The van der Waals surface area contributed by atoms with Crippen molar-refractivity contribution in [1.82, 2.24) is 9.21 Å². The molecular formula is C24H28N2O6S. The highest BCUT2D eigenvalue weighted by Gasteiger charge is 2.45. The van der Waals surface area contributed by atoms with Crippen LogP contribution in [0.3, 0.4) is 0 Å². The predicted molar refractivity (Wildman–Crippen MR) is 121 cm³/mol. The lowest BCUT2D eigenvalue weighted by atomic mass is 9.73. The molecule has 0 N–H and O–H groups in total. The molecule has 33 heavy (non-hydrogen) atoms. The monoisotopic (exact) mass is 472 g/mol. The van der Waals surface area contributed by atoms with Gasteiger partial charge in [0.1, 0.15) is 13.2 Å². The number of hydrogen-bond donors (Lipinski definition) is 0. The van der Waals surface area contributed by atoms with E-state index < -0.39 is 15.4 Å². The lowest BCUT2D eigenvalue weighted by Crippen LogP contribution is -2.56. The summed E-state index contributed by atoms with van der Waals surface area (Å²) in [7, 11) is -3.70. The standard InChI is InChI=1S/C24H28N2O6S/c27-23(24(8-14-30-15-9-24)19-4-2-1-3-5-19)25-10-12-26(13-11-25)33(28,29)20-6-7-21-22(18-20)32-17-16-31-21/h1-7,18H,8-17H2. The topological polar surface area (TPSA) is 85.4 Å². The molecule has 0 aliphatic carbocycles. The minimum absolute atomic E-state index is 0.0633. The number of hydrogen-bond acceptors (Lipinski definition) is 6. The van der Waals surface area contributed by atoms with E-state index in [2.05, 4.69) is 0 Å². The first-order chi connectivity index (χ1) is 16.0. The van der Waals surface area contributed by atoms with E-state index in [1.807, 2.05) is 35.2 Å². The molecule has 0 bridgehead atoms. The van der Waals surface area contributed by atoms with Gasteiger partial charge in [0.15, 0.2) is 11.5 Å². The third-order valence-electron chi connectivity index (χ3n) is 6.76. The number of benzene rings is 2. The minimum atomic E-state index is -3.70. The molecule has 3 aliphatic heterocycles. The number of fused-ring (bicyclic) bond motifs is 1. The average molecular weight is 473 g/mol. The molecule has 0 spiro atoms. The van der Waals surface area contributed by atoms with Crippen molar-refractivity contribution in [1.29, 1.82) is 0 Å². The summed E-state index contributed by atoms with van der Waals surface area (Å²) in [5, 5.41) is 0. The van der Waals surface area contributed by atoms with Crippen LogP contribution >= 0.6 is 0 Å². The number of rotatable bonds is 4. The SMILES string of the molecule is O=C(N1CCN(S(=O)(=O)c2ccc3c(c2)OCCO3)CC1)C1(c2ccccc2)CCOCC1. The molecule has 176 valence electrons. The van der Waals surface area contributed by atoms with Crippen LogP contribution in [-0.2, 0) is 25.0 Å². The number of sulfonamides is 1. The van der Waals surface area contributed by atoms with E-state index in [1.165, 1.54) is 10.4 Å². The molecule has 9 heteroatoms. The number of carbonyl (C=O) groups is 1. The Kier molecular flexibility index (Phi) is 6.03. The molecule has 2 aromatic rings. The molecule has 8 nitrogen and oxygen atoms in total. The Balaban J connectivity index is 1.31. The van der Waals surface area contributed by atoms with Crippen molar-refractivity contribution in [2.24, 2.45) is 0 Å². The van der Waals surface area contributed by atoms with E-state index >= 15 is 0 Å². The van der Waals surface area contributed by atoms with E-state index in [9.17, 15) is 13.2 Å². The van der Waals surface area contributed by atoms with Gasteiger partial charge in [0.2, 0.25) is 15.9 Å². The lowest BCUT2D eigenvalue weighted by Gasteiger charge is -2.42. The summed E-state index contributed by atoms with van der Waals surface area (Å²) >= 11 is 0. The Morgan fingerprint density at radius 2 is 1.48 bits per heavy atom. The molecule has 0 unspecified atom stereocenters. The largest absolute Gasteiger partial charge is 0.486 e. The number of amides is 1. The Hall–Kier alpha value is -2.62. The van der Waals surface area contributed by atoms with Crippen molar-refractivity contribution in [2.45, 2.75) is 23.2 Å². The highest BCUT2D eigenvalue weighted by molar-refractivity contribution is 7.89. The quantitative estimate of drug-likeness (QED) is 0.677. The highest BCUT2D eigenvalue weighted by Crippen LogP contribution is 2.37. The second-order valence-electron chi connectivity index (χ2n) is 8.56. The third-order valence-corrected chi connectivity index (χ3v) is 8.65. The number of piperazine rings is 1. The maximum Gasteiger partial charge on any atom is 0.243 e. The van der Waals surface area contributed by atoms with Crippen LogP contribution in [0.5, 0.6) is 11.5 Å². The van der Waals surface area contributed by atoms with Crippen molar-refractivity contribution in [3.8, 4) is 11.5 Å².